The molecule has 1 unspecified atom stereocenters. The molecule has 0 aliphatic heterocycles. The summed E-state index contributed by atoms with van der Waals surface area (Å²) in [4.78, 5) is 18.3. The van der Waals surface area contributed by atoms with Gasteiger partial charge in [-0.2, -0.15) is 4.98 Å². The van der Waals surface area contributed by atoms with Gasteiger partial charge in [0, 0.05) is 7.05 Å². The fourth-order valence-corrected chi connectivity index (χ4v) is 1.81. The molecule has 0 saturated carbocycles. The molecule has 1 rings (SSSR count). The van der Waals surface area contributed by atoms with Crippen molar-refractivity contribution in [1.29, 1.82) is 0 Å². The van der Waals surface area contributed by atoms with Crippen LogP contribution in [0.4, 0.5) is 11.6 Å². The summed E-state index contributed by atoms with van der Waals surface area (Å²) >= 11 is 0. The highest BCUT2D eigenvalue weighted by atomic mass is 16.6. The predicted octanol–water partition coefficient (Wildman–Crippen LogP) is 3.02. The Morgan fingerprint density at radius 2 is 2.25 bits per heavy atom. The van der Waals surface area contributed by atoms with Crippen LogP contribution in [-0.2, 0) is 0 Å². The molecule has 0 saturated heterocycles. The SMILES string of the molecule is CCCCC(CC)COc1nc(NC)ncc1[N+](=O)[O-]. The molecule has 1 aromatic rings. The van der Waals surface area contributed by atoms with Crippen molar-refractivity contribution in [1.82, 2.24) is 9.97 Å². The number of unbranched alkanes of at least 4 members (excludes halogenated alkanes) is 1. The lowest BCUT2D eigenvalue weighted by molar-refractivity contribution is -0.386. The third-order valence-corrected chi connectivity index (χ3v) is 3.16. The average Bonchev–Trinajstić information content (AvgIpc) is 2.47. The monoisotopic (exact) mass is 282 g/mol. The van der Waals surface area contributed by atoms with Gasteiger partial charge in [0.15, 0.2) is 0 Å². The maximum absolute atomic E-state index is 10.9. The largest absolute Gasteiger partial charge is 0.472 e. The number of hydrogen-bond acceptors (Lipinski definition) is 6. The molecule has 0 amide bonds. The molecule has 7 nitrogen and oxygen atoms in total. The van der Waals surface area contributed by atoms with Gasteiger partial charge < -0.3 is 10.1 Å². The van der Waals surface area contributed by atoms with Gasteiger partial charge in [-0.15, -0.1) is 0 Å². The summed E-state index contributed by atoms with van der Waals surface area (Å²) in [6.07, 6.45) is 5.48. The Balaban J connectivity index is 2.76. The molecule has 112 valence electrons. The van der Waals surface area contributed by atoms with E-state index in [0.717, 1.165) is 25.7 Å². The van der Waals surface area contributed by atoms with E-state index >= 15 is 0 Å². The second-order valence-electron chi connectivity index (χ2n) is 4.62. The number of rotatable bonds is 9. The summed E-state index contributed by atoms with van der Waals surface area (Å²) in [5.41, 5.74) is -0.200. The summed E-state index contributed by atoms with van der Waals surface area (Å²) in [6, 6.07) is 0. The van der Waals surface area contributed by atoms with Crippen LogP contribution in [-0.4, -0.2) is 28.5 Å². The van der Waals surface area contributed by atoms with Crippen LogP contribution in [0.15, 0.2) is 6.20 Å². The van der Waals surface area contributed by atoms with E-state index in [1.54, 1.807) is 7.05 Å². The van der Waals surface area contributed by atoms with Gasteiger partial charge >= 0.3 is 5.69 Å². The first-order valence-corrected chi connectivity index (χ1v) is 6.94. The van der Waals surface area contributed by atoms with Gasteiger partial charge in [0.05, 0.1) is 11.5 Å². The zero-order valence-electron chi connectivity index (χ0n) is 12.3. The van der Waals surface area contributed by atoms with Crippen LogP contribution in [0.3, 0.4) is 0 Å². The zero-order valence-corrected chi connectivity index (χ0v) is 12.3. The van der Waals surface area contributed by atoms with Crippen LogP contribution >= 0.6 is 0 Å². The quantitative estimate of drug-likeness (QED) is 0.553. The van der Waals surface area contributed by atoms with Crippen molar-refractivity contribution < 1.29 is 9.66 Å². The lowest BCUT2D eigenvalue weighted by atomic mass is 10.0. The van der Waals surface area contributed by atoms with Crippen molar-refractivity contribution in [2.24, 2.45) is 5.92 Å². The molecule has 0 bridgehead atoms. The van der Waals surface area contributed by atoms with Crippen LogP contribution in [0.5, 0.6) is 5.88 Å². The van der Waals surface area contributed by atoms with E-state index in [1.807, 2.05) is 0 Å². The van der Waals surface area contributed by atoms with E-state index < -0.39 is 4.92 Å². The maximum atomic E-state index is 10.9. The molecule has 1 N–H and O–H groups in total. The smallest absolute Gasteiger partial charge is 0.349 e. The minimum atomic E-state index is -0.526. The number of ether oxygens (including phenoxy) is 1. The van der Waals surface area contributed by atoms with Gasteiger partial charge in [-0.1, -0.05) is 33.1 Å². The molecule has 20 heavy (non-hydrogen) atoms. The Morgan fingerprint density at radius 3 is 2.80 bits per heavy atom. The molecule has 0 aliphatic carbocycles. The number of hydrogen-bond donors (Lipinski definition) is 1. The summed E-state index contributed by atoms with van der Waals surface area (Å²) in [5, 5.41) is 13.7. The Kier molecular flexibility index (Phi) is 6.69. The molecule has 1 atom stereocenters. The Morgan fingerprint density at radius 1 is 1.50 bits per heavy atom. The number of nitrogens with zero attached hydrogens (tertiary/aromatic N) is 3. The van der Waals surface area contributed by atoms with E-state index in [4.69, 9.17) is 4.74 Å². The molecule has 1 heterocycles. The van der Waals surface area contributed by atoms with Gasteiger partial charge in [0.2, 0.25) is 5.95 Å². The highest BCUT2D eigenvalue weighted by Gasteiger charge is 2.20. The lowest BCUT2D eigenvalue weighted by Gasteiger charge is -2.15. The zero-order chi connectivity index (χ0) is 15.0. The molecular weight excluding hydrogens is 260 g/mol. The van der Waals surface area contributed by atoms with Crippen molar-refractivity contribution in [3.63, 3.8) is 0 Å². The van der Waals surface area contributed by atoms with E-state index in [9.17, 15) is 10.1 Å². The number of nitro groups is 1. The van der Waals surface area contributed by atoms with Gasteiger partial charge in [-0.05, 0) is 12.3 Å². The summed E-state index contributed by atoms with van der Waals surface area (Å²) in [5.74, 6) is 0.735. The van der Waals surface area contributed by atoms with Crippen LogP contribution in [0.1, 0.15) is 39.5 Å². The van der Waals surface area contributed by atoms with Crippen LogP contribution in [0.25, 0.3) is 0 Å². The van der Waals surface area contributed by atoms with E-state index in [2.05, 4.69) is 29.1 Å². The molecule has 0 fully saturated rings. The number of anilines is 1. The topological polar surface area (TPSA) is 90.2 Å². The summed E-state index contributed by atoms with van der Waals surface area (Å²) in [6.45, 7) is 4.68. The second-order valence-corrected chi connectivity index (χ2v) is 4.62. The number of aromatic nitrogens is 2. The molecule has 1 aromatic heterocycles. The third-order valence-electron chi connectivity index (χ3n) is 3.16. The third kappa shape index (κ3) is 4.64. The van der Waals surface area contributed by atoms with Crippen molar-refractivity contribution in [3.05, 3.63) is 16.3 Å². The normalized spacial score (nSPS) is 11.9. The van der Waals surface area contributed by atoms with Crippen LogP contribution in [0.2, 0.25) is 0 Å². The van der Waals surface area contributed by atoms with Crippen LogP contribution in [0, 0.1) is 16.0 Å². The van der Waals surface area contributed by atoms with Gasteiger partial charge in [-0.25, -0.2) is 4.98 Å². The Labute approximate surface area is 118 Å². The average molecular weight is 282 g/mol. The van der Waals surface area contributed by atoms with E-state index in [-0.39, 0.29) is 11.6 Å². The molecule has 0 aliphatic rings. The standard InChI is InChI=1S/C13H22N4O3/c1-4-6-7-10(5-2)9-20-12-11(17(18)19)8-15-13(14-3)16-12/h8,10H,4-7,9H2,1-3H3,(H,14,15,16). The van der Waals surface area contributed by atoms with Crippen molar-refractivity contribution in [3.8, 4) is 5.88 Å². The van der Waals surface area contributed by atoms with Crippen molar-refractivity contribution in [2.75, 3.05) is 19.0 Å². The number of nitrogens with one attached hydrogen (secondary N) is 1. The Hall–Kier alpha value is -1.92. The minimum Gasteiger partial charge on any atom is -0.472 e. The summed E-state index contributed by atoms with van der Waals surface area (Å²) < 4.78 is 5.56. The highest BCUT2D eigenvalue weighted by molar-refractivity contribution is 5.42. The molecule has 7 heteroatoms. The van der Waals surface area contributed by atoms with Crippen molar-refractivity contribution in [2.45, 2.75) is 39.5 Å². The minimum absolute atomic E-state index is 0.0318. The van der Waals surface area contributed by atoms with Gasteiger partial charge in [-0.3, -0.25) is 10.1 Å². The molecule has 0 aromatic carbocycles. The Bertz CT molecular complexity index is 440. The van der Waals surface area contributed by atoms with Crippen LogP contribution < -0.4 is 10.1 Å². The van der Waals surface area contributed by atoms with E-state index in [1.165, 1.54) is 6.20 Å². The molecular formula is C13H22N4O3. The predicted molar refractivity (Wildman–Crippen MR) is 77.0 cm³/mol. The maximum Gasteiger partial charge on any atom is 0.349 e. The first-order valence-electron chi connectivity index (χ1n) is 6.94. The second kappa shape index (κ2) is 8.29. The van der Waals surface area contributed by atoms with Crippen molar-refractivity contribution >= 4 is 11.6 Å². The highest BCUT2D eigenvalue weighted by Crippen LogP contribution is 2.25. The summed E-state index contributed by atoms with van der Waals surface area (Å²) in [7, 11) is 1.65. The first kappa shape index (κ1) is 16.1. The fraction of sp³-hybridized carbons (Fsp3) is 0.692. The fourth-order valence-electron chi connectivity index (χ4n) is 1.81. The lowest BCUT2D eigenvalue weighted by Crippen LogP contribution is -2.13. The van der Waals surface area contributed by atoms with Gasteiger partial charge in [0.1, 0.15) is 6.20 Å². The molecule has 0 radical (unpaired) electrons. The van der Waals surface area contributed by atoms with E-state index in [0.29, 0.717) is 18.5 Å². The molecule has 0 spiro atoms. The first-order chi connectivity index (χ1) is 9.62. The van der Waals surface area contributed by atoms with Gasteiger partial charge in [0.25, 0.3) is 5.88 Å².